The van der Waals surface area contributed by atoms with Crippen molar-refractivity contribution < 1.29 is 4.79 Å². The summed E-state index contributed by atoms with van der Waals surface area (Å²) in [6, 6.07) is 3.42. The summed E-state index contributed by atoms with van der Waals surface area (Å²) in [7, 11) is 0. The summed E-state index contributed by atoms with van der Waals surface area (Å²) in [6.45, 7) is 7.62. The Balaban J connectivity index is 2.78. The summed E-state index contributed by atoms with van der Waals surface area (Å²) in [4.78, 5) is 18.0. The standard InChI is InChI=1S/C12H20N4O/c1-4-16(8-9(2)3)12(17)10-5-6-11(15-13)14-7-10/h5-7,9H,4,8,13H2,1-3H3,(H,14,15). The first-order valence-electron chi connectivity index (χ1n) is 5.80. The summed E-state index contributed by atoms with van der Waals surface area (Å²) in [6.07, 6.45) is 1.54. The highest BCUT2D eigenvalue weighted by molar-refractivity contribution is 5.94. The fraction of sp³-hybridized carbons (Fsp3) is 0.500. The SMILES string of the molecule is CCN(CC(C)C)C(=O)c1ccc(NN)nc1. The Morgan fingerprint density at radius 3 is 2.65 bits per heavy atom. The molecule has 0 aliphatic rings. The molecule has 0 aliphatic heterocycles. The van der Waals surface area contributed by atoms with Gasteiger partial charge in [0.1, 0.15) is 5.82 Å². The summed E-state index contributed by atoms with van der Waals surface area (Å²) in [5.41, 5.74) is 3.02. The lowest BCUT2D eigenvalue weighted by molar-refractivity contribution is 0.0745. The second kappa shape index (κ2) is 6.20. The Labute approximate surface area is 102 Å². The van der Waals surface area contributed by atoms with Crippen molar-refractivity contribution in [2.45, 2.75) is 20.8 Å². The Hall–Kier alpha value is -1.62. The molecule has 1 amide bonds. The average Bonchev–Trinajstić information content (AvgIpc) is 2.35. The zero-order chi connectivity index (χ0) is 12.8. The second-order valence-corrected chi connectivity index (χ2v) is 4.31. The van der Waals surface area contributed by atoms with Gasteiger partial charge in [0.2, 0.25) is 0 Å². The lowest BCUT2D eigenvalue weighted by Gasteiger charge is -2.22. The molecule has 0 fully saturated rings. The van der Waals surface area contributed by atoms with Crippen molar-refractivity contribution in [3.63, 3.8) is 0 Å². The van der Waals surface area contributed by atoms with Crippen LogP contribution in [0.2, 0.25) is 0 Å². The van der Waals surface area contributed by atoms with Crippen LogP contribution in [-0.2, 0) is 0 Å². The maximum absolute atomic E-state index is 12.1. The molecule has 0 atom stereocenters. The Morgan fingerprint density at radius 2 is 2.24 bits per heavy atom. The van der Waals surface area contributed by atoms with Crippen LogP contribution in [0.4, 0.5) is 5.82 Å². The number of nitrogens with zero attached hydrogens (tertiary/aromatic N) is 2. The van der Waals surface area contributed by atoms with Crippen LogP contribution in [0.1, 0.15) is 31.1 Å². The number of nitrogen functional groups attached to an aromatic ring is 1. The zero-order valence-corrected chi connectivity index (χ0v) is 10.6. The molecule has 0 radical (unpaired) electrons. The molecule has 5 nitrogen and oxygen atoms in total. The Bertz CT molecular complexity index is 361. The molecule has 0 unspecified atom stereocenters. The largest absolute Gasteiger partial charge is 0.339 e. The van der Waals surface area contributed by atoms with E-state index in [1.165, 1.54) is 0 Å². The topological polar surface area (TPSA) is 71.2 Å². The predicted molar refractivity (Wildman–Crippen MR) is 68.5 cm³/mol. The van der Waals surface area contributed by atoms with E-state index in [9.17, 15) is 4.79 Å². The molecule has 1 aromatic heterocycles. The van der Waals surface area contributed by atoms with Gasteiger partial charge in [-0.1, -0.05) is 13.8 Å². The van der Waals surface area contributed by atoms with E-state index in [-0.39, 0.29) is 5.91 Å². The first-order chi connectivity index (χ1) is 8.08. The molecule has 0 saturated heterocycles. The average molecular weight is 236 g/mol. The zero-order valence-electron chi connectivity index (χ0n) is 10.6. The van der Waals surface area contributed by atoms with Gasteiger partial charge in [-0.3, -0.25) is 4.79 Å². The molecule has 0 saturated carbocycles. The summed E-state index contributed by atoms with van der Waals surface area (Å²) in [5, 5.41) is 0. The van der Waals surface area contributed by atoms with Gasteiger partial charge in [0.05, 0.1) is 5.56 Å². The van der Waals surface area contributed by atoms with Crippen LogP contribution in [0, 0.1) is 5.92 Å². The predicted octanol–water partition coefficient (Wildman–Crippen LogP) is 1.49. The van der Waals surface area contributed by atoms with Gasteiger partial charge in [0.15, 0.2) is 0 Å². The van der Waals surface area contributed by atoms with Crippen LogP contribution in [0.5, 0.6) is 0 Å². The van der Waals surface area contributed by atoms with E-state index in [0.29, 0.717) is 23.8 Å². The van der Waals surface area contributed by atoms with Gasteiger partial charge in [-0.15, -0.1) is 0 Å². The van der Waals surface area contributed by atoms with Crippen molar-refractivity contribution in [1.82, 2.24) is 9.88 Å². The number of amides is 1. The highest BCUT2D eigenvalue weighted by atomic mass is 16.2. The normalized spacial score (nSPS) is 10.4. The van der Waals surface area contributed by atoms with Gasteiger partial charge < -0.3 is 10.3 Å². The van der Waals surface area contributed by atoms with Crippen LogP contribution < -0.4 is 11.3 Å². The minimum Gasteiger partial charge on any atom is -0.339 e. The highest BCUT2D eigenvalue weighted by Crippen LogP contribution is 2.09. The number of nitrogens with one attached hydrogen (secondary N) is 1. The summed E-state index contributed by atoms with van der Waals surface area (Å²) < 4.78 is 0. The second-order valence-electron chi connectivity index (χ2n) is 4.31. The maximum atomic E-state index is 12.1. The number of carbonyl (C=O) groups is 1. The van der Waals surface area contributed by atoms with E-state index in [2.05, 4.69) is 24.3 Å². The van der Waals surface area contributed by atoms with Crippen molar-refractivity contribution in [3.8, 4) is 0 Å². The summed E-state index contributed by atoms with van der Waals surface area (Å²) >= 11 is 0. The smallest absolute Gasteiger partial charge is 0.255 e. The third kappa shape index (κ3) is 3.71. The van der Waals surface area contributed by atoms with Crippen molar-refractivity contribution >= 4 is 11.7 Å². The van der Waals surface area contributed by atoms with Gasteiger partial charge in [-0.25, -0.2) is 10.8 Å². The molecule has 94 valence electrons. The number of carbonyl (C=O) groups excluding carboxylic acids is 1. The number of hydrazine groups is 1. The van der Waals surface area contributed by atoms with E-state index >= 15 is 0 Å². The molecule has 0 aromatic carbocycles. The molecule has 5 heteroatoms. The minimum absolute atomic E-state index is 0.0114. The number of aromatic nitrogens is 1. The van der Waals surface area contributed by atoms with Crippen LogP contribution in [0.3, 0.4) is 0 Å². The number of hydrogen-bond acceptors (Lipinski definition) is 4. The van der Waals surface area contributed by atoms with E-state index < -0.39 is 0 Å². The van der Waals surface area contributed by atoms with E-state index in [0.717, 1.165) is 6.54 Å². The molecule has 0 aliphatic carbocycles. The quantitative estimate of drug-likeness (QED) is 0.600. The van der Waals surface area contributed by atoms with Crippen LogP contribution in [0.25, 0.3) is 0 Å². The van der Waals surface area contributed by atoms with Crippen molar-refractivity contribution in [2.75, 3.05) is 18.5 Å². The van der Waals surface area contributed by atoms with Gasteiger partial charge in [0.25, 0.3) is 5.91 Å². The number of hydrogen-bond donors (Lipinski definition) is 2. The van der Waals surface area contributed by atoms with E-state index in [4.69, 9.17) is 5.84 Å². The lowest BCUT2D eigenvalue weighted by Crippen LogP contribution is -2.34. The number of rotatable bonds is 5. The third-order valence-electron chi connectivity index (χ3n) is 2.41. The van der Waals surface area contributed by atoms with Crippen LogP contribution in [-0.4, -0.2) is 28.9 Å². The molecule has 0 spiro atoms. The highest BCUT2D eigenvalue weighted by Gasteiger charge is 2.15. The van der Waals surface area contributed by atoms with Crippen molar-refractivity contribution in [2.24, 2.45) is 11.8 Å². The van der Waals surface area contributed by atoms with E-state index in [1.54, 1.807) is 18.3 Å². The number of pyridine rings is 1. The summed E-state index contributed by atoms with van der Waals surface area (Å²) in [5.74, 6) is 6.24. The molecule has 17 heavy (non-hydrogen) atoms. The monoisotopic (exact) mass is 236 g/mol. The molecule has 1 aromatic rings. The Kier molecular flexibility index (Phi) is 4.90. The fourth-order valence-electron chi connectivity index (χ4n) is 1.58. The Morgan fingerprint density at radius 1 is 1.53 bits per heavy atom. The van der Waals surface area contributed by atoms with Gasteiger partial charge in [0, 0.05) is 19.3 Å². The first-order valence-corrected chi connectivity index (χ1v) is 5.80. The van der Waals surface area contributed by atoms with Gasteiger partial charge in [-0.2, -0.15) is 0 Å². The van der Waals surface area contributed by atoms with Gasteiger partial charge in [-0.05, 0) is 25.0 Å². The lowest BCUT2D eigenvalue weighted by atomic mass is 10.2. The third-order valence-corrected chi connectivity index (χ3v) is 2.41. The molecule has 0 bridgehead atoms. The molecule has 1 heterocycles. The fourth-order valence-corrected chi connectivity index (χ4v) is 1.58. The van der Waals surface area contributed by atoms with Crippen LogP contribution >= 0.6 is 0 Å². The van der Waals surface area contributed by atoms with Gasteiger partial charge >= 0.3 is 0 Å². The first kappa shape index (κ1) is 13.4. The van der Waals surface area contributed by atoms with Crippen LogP contribution in [0.15, 0.2) is 18.3 Å². The van der Waals surface area contributed by atoms with Crippen molar-refractivity contribution in [1.29, 1.82) is 0 Å². The molecular formula is C12H20N4O. The minimum atomic E-state index is 0.0114. The molecule has 3 N–H and O–H groups in total. The van der Waals surface area contributed by atoms with E-state index in [1.807, 2.05) is 11.8 Å². The number of nitrogens with two attached hydrogens (primary N) is 1. The number of anilines is 1. The molecular weight excluding hydrogens is 216 g/mol. The van der Waals surface area contributed by atoms with Crippen molar-refractivity contribution in [3.05, 3.63) is 23.9 Å². The molecule has 1 rings (SSSR count). The maximum Gasteiger partial charge on any atom is 0.255 e.